The highest BCUT2D eigenvalue weighted by atomic mass is 16.1. The van der Waals surface area contributed by atoms with Crippen LogP contribution in [0.4, 0.5) is 0 Å². The zero-order valence-corrected chi connectivity index (χ0v) is 8.18. The quantitative estimate of drug-likeness (QED) is 0.658. The van der Waals surface area contributed by atoms with Crippen LogP contribution >= 0.6 is 0 Å². The summed E-state index contributed by atoms with van der Waals surface area (Å²) in [6.45, 7) is 0. The van der Waals surface area contributed by atoms with Crippen molar-refractivity contribution >= 4 is 5.91 Å². The zero-order valence-electron chi connectivity index (χ0n) is 8.18. The van der Waals surface area contributed by atoms with E-state index in [1.807, 2.05) is 0 Å². The van der Waals surface area contributed by atoms with Gasteiger partial charge in [-0.25, -0.2) is 0 Å². The van der Waals surface area contributed by atoms with Gasteiger partial charge in [0.2, 0.25) is 5.91 Å². The maximum absolute atomic E-state index is 11.2. The number of carbonyl (C=O) groups is 1. The second kappa shape index (κ2) is 3.66. The van der Waals surface area contributed by atoms with Crippen molar-refractivity contribution < 1.29 is 4.79 Å². The molecular formula is C10H18N2O. The molecule has 1 unspecified atom stereocenters. The van der Waals surface area contributed by atoms with E-state index in [0.29, 0.717) is 18.0 Å². The largest absolute Gasteiger partial charge is 0.359 e. The topological polar surface area (TPSA) is 41.1 Å². The molecule has 0 aromatic carbocycles. The minimum absolute atomic E-state index is 0.200. The predicted molar refractivity (Wildman–Crippen MR) is 51.4 cm³/mol. The average Bonchev–Trinajstić information content (AvgIpc) is 2.46. The Balaban J connectivity index is 1.85. The van der Waals surface area contributed by atoms with Crippen LogP contribution in [0.15, 0.2) is 0 Å². The number of piperidine rings is 1. The molecule has 3 heteroatoms. The number of rotatable bonds is 2. The molecule has 0 saturated carbocycles. The van der Waals surface area contributed by atoms with Crippen LogP contribution in [-0.4, -0.2) is 25.0 Å². The van der Waals surface area contributed by atoms with Gasteiger partial charge in [-0.3, -0.25) is 4.79 Å². The molecule has 13 heavy (non-hydrogen) atoms. The maximum atomic E-state index is 11.2. The molecule has 0 aliphatic carbocycles. The van der Waals surface area contributed by atoms with Gasteiger partial charge >= 0.3 is 0 Å². The lowest BCUT2D eigenvalue weighted by Gasteiger charge is -2.28. The summed E-state index contributed by atoms with van der Waals surface area (Å²) in [5.74, 6) is 0.824. The third-order valence-corrected chi connectivity index (χ3v) is 3.32. The fraction of sp³-hybridized carbons (Fsp3) is 0.900. The first kappa shape index (κ1) is 9.00. The molecule has 0 aromatic rings. The number of fused-ring (bicyclic) bond motifs is 2. The van der Waals surface area contributed by atoms with Crippen LogP contribution in [0.2, 0.25) is 0 Å². The van der Waals surface area contributed by atoms with E-state index < -0.39 is 0 Å². The Kier molecular flexibility index (Phi) is 2.54. The van der Waals surface area contributed by atoms with Crippen LogP contribution in [0.1, 0.15) is 32.1 Å². The third-order valence-electron chi connectivity index (χ3n) is 3.32. The van der Waals surface area contributed by atoms with Gasteiger partial charge in [0.15, 0.2) is 0 Å². The van der Waals surface area contributed by atoms with E-state index in [-0.39, 0.29) is 5.91 Å². The van der Waals surface area contributed by atoms with Crippen LogP contribution < -0.4 is 10.6 Å². The molecule has 74 valence electrons. The highest BCUT2D eigenvalue weighted by Gasteiger charge is 2.33. The van der Waals surface area contributed by atoms with E-state index in [2.05, 4.69) is 10.6 Å². The summed E-state index contributed by atoms with van der Waals surface area (Å²) in [4.78, 5) is 11.2. The Morgan fingerprint density at radius 1 is 1.38 bits per heavy atom. The minimum atomic E-state index is 0.200. The molecule has 2 aliphatic rings. The van der Waals surface area contributed by atoms with Gasteiger partial charge in [-0.2, -0.15) is 0 Å². The van der Waals surface area contributed by atoms with E-state index in [4.69, 9.17) is 0 Å². The van der Waals surface area contributed by atoms with E-state index in [0.717, 1.165) is 6.42 Å². The lowest BCUT2D eigenvalue weighted by molar-refractivity contribution is -0.121. The number of hydrogen-bond donors (Lipinski definition) is 2. The average molecular weight is 182 g/mol. The third kappa shape index (κ3) is 2.02. The molecular weight excluding hydrogens is 164 g/mol. The van der Waals surface area contributed by atoms with Crippen molar-refractivity contribution in [2.45, 2.75) is 44.2 Å². The number of carbonyl (C=O) groups excluding carboxylic acids is 1. The van der Waals surface area contributed by atoms with Gasteiger partial charge in [0.05, 0.1) is 0 Å². The van der Waals surface area contributed by atoms with Crippen LogP contribution in [0.5, 0.6) is 0 Å². The fourth-order valence-electron chi connectivity index (χ4n) is 2.71. The Labute approximate surface area is 79.3 Å². The van der Waals surface area contributed by atoms with Gasteiger partial charge in [0.25, 0.3) is 0 Å². The molecule has 2 aliphatic heterocycles. The number of hydrogen-bond acceptors (Lipinski definition) is 2. The van der Waals surface area contributed by atoms with Crippen molar-refractivity contribution in [3.05, 3.63) is 0 Å². The van der Waals surface area contributed by atoms with Crippen molar-refractivity contribution in [1.29, 1.82) is 0 Å². The minimum Gasteiger partial charge on any atom is -0.359 e. The summed E-state index contributed by atoms with van der Waals surface area (Å²) in [6, 6.07) is 1.40. The second-order valence-corrected chi connectivity index (χ2v) is 4.35. The molecule has 0 spiro atoms. The Hall–Kier alpha value is -0.570. The van der Waals surface area contributed by atoms with Gasteiger partial charge in [0.1, 0.15) is 0 Å². The van der Waals surface area contributed by atoms with Gasteiger partial charge < -0.3 is 10.6 Å². The second-order valence-electron chi connectivity index (χ2n) is 4.35. The van der Waals surface area contributed by atoms with Crippen LogP contribution in [-0.2, 0) is 4.79 Å². The summed E-state index contributed by atoms with van der Waals surface area (Å²) in [5.41, 5.74) is 0. The normalized spacial score (nSPS) is 37.5. The summed E-state index contributed by atoms with van der Waals surface area (Å²) in [5, 5.41) is 6.28. The number of amides is 1. The molecule has 2 bridgehead atoms. The van der Waals surface area contributed by atoms with Crippen molar-refractivity contribution in [3.63, 3.8) is 0 Å². The van der Waals surface area contributed by atoms with Gasteiger partial charge in [-0.1, -0.05) is 0 Å². The van der Waals surface area contributed by atoms with E-state index in [1.54, 1.807) is 7.05 Å². The van der Waals surface area contributed by atoms with Crippen molar-refractivity contribution in [2.75, 3.05) is 7.05 Å². The van der Waals surface area contributed by atoms with E-state index in [9.17, 15) is 4.79 Å². The van der Waals surface area contributed by atoms with Gasteiger partial charge in [-0.05, 0) is 31.6 Å². The summed E-state index contributed by atoms with van der Waals surface area (Å²) in [6.07, 6.45) is 5.75. The summed E-state index contributed by atoms with van der Waals surface area (Å²) < 4.78 is 0. The van der Waals surface area contributed by atoms with Gasteiger partial charge in [-0.15, -0.1) is 0 Å². The van der Waals surface area contributed by atoms with Crippen LogP contribution in [0.25, 0.3) is 0 Å². The first-order chi connectivity index (χ1) is 6.28. The van der Waals surface area contributed by atoms with Crippen molar-refractivity contribution in [1.82, 2.24) is 10.6 Å². The first-order valence-electron chi connectivity index (χ1n) is 5.24. The Morgan fingerprint density at radius 2 is 2.00 bits per heavy atom. The molecule has 2 fully saturated rings. The smallest absolute Gasteiger partial charge is 0.220 e. The molecule has 2 N–H and O–H groups in total. The van der Waals surface area contributed by atoms with E-state index in [1.165, 1.54) is 25.7 Å². The lowest BCUT2D eigenvalue weighted by Crippen LogP contribution is -2.39. The lowest BCUT2D eigenvalue weighted by atomic mass is 9.89. The molecule has 1 amide bonds. The van der Waals surface area contributed by atoms with E-state index >= 15 is 0 Å². The molecule has 3 atom stereocenters. The highest BCUT2D eigenvalue weighted by molar-refractivity contribution is 5.75. The number of nitrogens with one attached hydrogen (secondary N) is 2. The molecule has 3 nitrogen and oxygen atoms in total. The Morgan fingerprint density at radius 3 is 2.54 bits per heavy atom. The molecule has 2 rings (SSSR count). The SMILES string of the molecule is CNC(=O)CC1C[C@H]2CC[C@@H](C1)N2. The molecule has 0 radical (unpaired) electrons. The molecule has 2 saturated heterocycles. The van der Waals surface area contributed by atoms with Crippen LogP contribution in [0, 0.1) is 5.92 Å². The summed E-state index contributed by atoms with van der Waals surface area (Å²) >= 11 is 0. The first-order valence-corrected chi connectivity index (χ1v) is 5.24. The fourth-order valence-corrected chi connectivity index (χ4v) is 2.71. The van der Waals surface area contributed by atoms with Crippen molar-refractivity contribution in [2.24, 2.45) is 5.92 Å². The maximum Gasteiger partial charge on any atom is 0.220 e. The monoisotopic (exact) mass is 182 g/mol. The summed E-state index contributed by atoms with van der Waals surface area (Å²) in [7, 11) is 1.72. The Bertz CT molecular complexity index is 193. The standard InChI is InChI=1S/C10H18N2O/c1-11-10(13)6-7-4-8-2-3-9(5-7)12-8/h7-9,12H,2-6H2,1H3,(H,11,13)/t7?,8-,9+. The molecule has 2 heterocycles. The van der Waals surface area contributed by atoms with Gasteiger partial charge in [0, 0.05) is 25.6 Å². The molecule has 0 aromatic heterocycles. The van der Waals surface area contributed by atoms with Crippen molar-refractivity contribution in [3.8, 4) is 0 Å². The highest BCUT2D eigenvalue weighted by Crippen LogP contribution is 2.32. The van der Waals surface area contributed by atoms with Crippen LogP contribution in [0.3, 0.4) is 0 Å². The zero-order chi connectivity index (χ0) is 9.26. The predicted octanol–water partition coefficient (Wildman–Crippen LogP) is 0.653.